The number of rotatable bonds is 5. The van der Waals surface area contributed by atoms with Crippen molar-refractivity contribution < 1.29 is 4.42 Å². The predicted octanol–water partition coefficient (Wildman–Crippen LogP) is 3.97. The van der Waals surface area contributed by atoms with E-state index in [0.29, 0.717) is 5.92 Å². The quantitative estimate of drug-likeness (QED) is 0.773. The highest BCUT2D eigenvalue weighted by molar-refractivity contribution is 5.29. The number of H-pyrrole nitrogens is 1. The zero-order valence-corrected chi connectivity index (χ0v) is 13.8. The molecule has 3 aromatic rings. The SMILES string of the molecule is c1ccc(Cc2cn[nH]c2[C@H]2CCCN(Cc3ccco3)C2)cc1. The molecular weight excluding hydrogens is 298 g/mol. The number of aromatic nitrogens is 2. The van der Waals surface area contributed by atoms with E-state index in [4.69, 9.17) is 4.42 Å². The molecule has 1 atom stereocenters. The Kier molecular flexibility index (Phi) is 4.47. The average Bonchev–Trinajstić information content (AvgIpc) is 3.28. The maximum Gasteiger partial charge on any atom is 0.117 e. The molecule has 1 fully saturated rings. The summed E-state index contributed by atoms with van der Waals surface area (Å²) in [6.07, 6.45) is 7.13. The minimum Gasteiger partial charge on any atom is -0.468 e. The molecule has 1 aliphatic heterocycles. The molecule has 124 valence electrons. The molecule has 2 aromatic heterocycles. The molecule has 0 radical (unpaired) electrons. The highest BCUT2D eigenvalue weighted by atomic mass is 16.3. The van der Waals surface area contributed by atoms with Gasteiger partial charge in [0, 0.05) is 24.6 Å². The Morgan fingerprint density at radius 2 is 2.08 bits per heavy atom. The predicted molar refractivity (Wildman–Crippen MR) is 93.8 cm³/mol. The number of hydrogen-bond donors (Lipinski definition) is 1. The molecule has 0 amide bonds. The van der Waals surface area contributed by atoms with Gasteiger partial charge in [-0.05, 0) is 42.6 Å². The first-order valence-corrected chi connectivity index (χ1v) is 8.69. The van der Waals surface area contributed by atoms with E-state index in [9.17, 15) is 0 Å². The molecule has 4 rings (SSSR count). The number of benzene rings is 1. The summed E-state index contributed by atoms with van der Waals surface area (Å²) in [5.74, 6) is 1.57. The third-order valence-corrected chi connectivity index (χ3v) is 4.86. The van der Waals surface area contributed by atoms with E-state index in [-0.39, 0.29) is 0 Å². The van der Waals surface area contributed by atoms with Crippen LogP contribution in [-0.4, -0.2) is 28.2 Å². The lowest BCUT2D eigenvalue weighted by molar-refractivity contribution is 0.185. The van der Waals surface area contributed by atoms with Crippen molar-refractivity contribution in [1.29, 1.82) is 0 Å². The van der Waals surface area contributed by atoms with Crippen molar-refractivity contribution in [3.05, 3.63) is 77.5 Å². The van der Waals surface area contributed by atoms with E-state index in [2.05, 4.69) is 51.5 Å². The van der Waals surface area contributed by atoms with Crippen molar-refractivity contribution in [3.63, 3.8) is 0 Å². The van der Waals surface area contributed by atoms with E-state index < -0.39 is 0 Å². The van der Waals surface area contributed by atoms with Crippen LogP contribution in [0.1, 0.15) is 41.3 Å². The van der Waals surface area contributed by atoms with Gasteiger partial charge >= 0.3 is 0 Å². The molecule has 1 N–H and O–H groups in total. The van der Waals surface area contributed by atoms with Crippen LogP contribution in [0.3, 0.4) is 0 Å². The summed E-state index contributed by atoms with van der Waals surface area (Å²) in [6, 6.07) is 14.6. The largest absolute Gasteiger partial charge is 0.468 e. The average molecular weight is 321 g/mol. The summed E-state index contributed by atoms with van der Waals surface area (Å²) in [6.45, 7) is 3.09. The lowest BCUT2D eigenvalue weighted by Crippen LogP contribution is -2.34. The summed E-state index contributed by atoms with van der Waals surface area (Å²) in [4.78, 5) is 2.49. The molecule has 4 nitrogen and oxygen atoms in total. The van der Waals surface area contributed by atoms with Gasteiger partial charge in [-0.25, -0.2) is 0 Å². The van der Waals surface area contributed by atoms with Crippen LogP contribution in [0, 0.1) is 0 Å². The fourth-order valence-corrected chi connectivity index (χ4v) is 3.69. The van der Waals surface area contributed by atoms with Crippen LogP contribution in [0.5, 0.6) is 0 Å². The Hall–Kier alpha value is -2.33. The lowest BCUT2D eigenvalue weighted by Gasteiger charge is -2.32. The van der Waals surface area contributed by atoms with E-state index in [1.807, 2.05) is 12.3 Å². The number of nitrogens with zero attached hydrogens (tertiary/aromatic N) is 2. The van der Waals surface area contributed by atoms with Crippen LogP contribution in [0.4, 0.5) is 0 Å². The zero-order valence-electron chi connectivity index (χ0n) is 13.8. The minimum atomic E-state index is 0.523. The number of likely N-dealkylation sites (tertiary alicyclic amines) is 1. The summed E-state index contributed by atoms with van der Waals surface area (Å²) < 4.78 is 5.50. The monoisotopic (exact) mass is 321 g/mol. The summed E-state index contributed by atoms with van der Waals surface area (Å²) in [5.41, 5.74) is 3.97. The fourth-order valence-electron chi connectivity index (χ4n) is 3.69. The van der Waals surface area contributed by atoms with Crippen molar-refractivity contribution in [2.24, 2.45) is 0 Å². The summed E-state index contributed by atoms with van der Waals surface area (Å²) in [7, 11) is 0. The van der Waals surface area contributed by atoms with Crippen molar-refractivity contribution >= 4 is 0 Å². The molecule has 4 heteroatoms. The number of aromatic amines is 1. The van der Waals surface area contributed by atoms with E-state index >= 15 is 0 Å². The fraction of sp³-hybridized carbons (Fsp3) is 0.350. The van der Waals surface area contributed by atoms with E-state index in [1.165, 1.54) is 29.7 Å². The summed E-state index contributed by atoms with van der Waals surface area (Å²) in [5, 5.41) is 7.61. The van der Waals surface area contributed by atoms with Gasteiger partial charge in [-0.15, -0.1) is 0 Å². The molecule has 24 heavy (non-hydrogen) atoms. The lowest BCUT2D eigenvalue weighted by atomic mass is 9.91. The molecule has 0 bridgehead atoms. The normalized spacial score (nSPS) is 18.8. The second-order valence-corrected chi connectivity index (χ2v) is 6.62. The smallest absolute Gasteiger partial charge is 0.117 e. The van der Waals surface area contributed by atoms with Gasteiger partial charge in [0.05, 0.1) is 19.0 Å². The Labute approximate surface area is 142 Å². The summed E-state index contributed by atoms with van der Waals surface area (Å²) >= 11 is 0. The molecule has 1 saturated heterocycles. The van der Waals surface area contributed by atoms with Gasteiger partial charge in [0.15, 0.2) is 0 Å². The number of furan rings is 1. The third-order valence-electron chi connectivity index (χ3n) is 4.86. The van der Waals surface area contributed by atoms with Crippen molar-refractivity contribution in [3.8, 4) is 0 Å². The number of piperidine rings is 1. The topological polar surface area (TPSA) is 45.1 Å². The maximum atomic E-state index is 5.50. The van der Waals surface area contributed by atoms with Gasteiger partial charge in [0.1, 0.15) is 5.76 Å². The standard InChI is InChI=1S/C20H23N3O/c1-2-6-16(7-3-1)12-18-13-21-22-20(18)17-8-4-10-23(14-17)15-19-9-5-11-24-19/h1-3,5-7,9,11,13,17H,4,8,10,12,14-15H2,(H,21,22)/t17-/m0/s1. The molecular formula is C20H23N3O. The van der Waals surface area contributed by atoms with Crippen LogP contribution in [-0.2, 0) is 13.0 Å². The zero-order chi connectivity index (χ0) is 16.2. The molecule has 1 aromatic carbocycles. The van der Waals surface area contributed by atoms with E-state index in [0.717, 1.165) is 31.8 Å². The first-order chi connectivity index (χ1) is 11.9. The van der Waals surface area contributed by atoms with Crippen molar-refractivity contribution in [2.45, 2.75) is 31.7 Å². The highest BCUT2D eigenvalue weighted by Crippen LogP contribution is 2.29. The molecule has 0 aliphatic carbocycles. The maximum absolute atomic E-state index is 5.50. The number of hydrogen-bond acceptors (Lipinski definition) is 3. The van der Waals surface area contributed by atoms with Crippen molar-refractivity contribution in [1.82, 2.24) is 15.1 Å². The van der Waals surface area contributed by atoms with Crippen molar-refractivity contribution in [2.75, 3.05) is 13.1 Å². The molecule has 0 unspecified atom stereocenters. The molecule has 0 spiro atoms. The van der Waals surface area contributed by atoms with Gasteiger partial charge in [-0.2, -0.15) is 5.10 Å². The van der Waals surface area contributed by atoms with Gasteiger partial charge in [0.25, 0.3) is 0 Å². The van der Waals surface area contributed by atoms with Crippen LogP contribution in [0.15, 0.2) is 59.3 Å². The Morgan fingerprint density at radius 1 is 1.17 bits per heavy atom. The van der Waals surface area contributed by atoms with Crippen LogP contribution in [0.25, 0.3) is 0 Å². The first-order valence-electron chi connectivity index (χ1n) is 8.69. The molecule has 1 aliphatic rings. The minimum absolute atomic E-state index is 0.523. The van der Waals surface area contributed by atoms with Gasteiger partial charge < -0.3 is 4.42 Å². The van der Waals surface area contributed by atoms with Crippen LogP contribution < -0.4 is 0 Å². The first kappa shape index (κ1) is 15.2. The van der Waals surface area contributed by atoms with E-state index in [1.54, 1.807) is 6.26 Å². The third kappa shape index (κ3) is 3.44. The van der Waals surface area contributed by atoms with Gasteiger partial charge in [0.2, 0.25) is 0 Å². The Morgan fingerprint density at radius 3 is 2.92 bits per heavy atom. The molecule has 3 heterocycles. The van der Waals surface area contributed by atoms with Crippen LogP contribution in [0.2, 0.25) is 0 Å². The van der Waals surface area contributed by atoms with Crippen LogP contribution >= 0.6 is 0 Å². The second-order valence-electron chi connectivity index (χ2n) is 6.62. The highest BCUT2D eigenvalue weighted by Gasteiger charge is 2.25. The number of nitrogens with one attached hydrogen (secondary N) is 1. The second kappa shape index (κ2) is 7.05. The Balaban J connectivity index is 1.46. The van der Waals surface area contributed by atoms with Gasteiger partial charge in [-0.3, -0.25) is 10.00 Å². The molecule has 0 saturated carbocycles. The van der Waals surface area contributed by atoms with Gasteiger partial charge in [-0.1, -0.05) is 30.3 Å². The Bertz CT molecular complexity index is 748.